The van der Waals surface area contributed by atoms with Crippen LogP contribution >= 0.6 is 0 Å². The molecule has 0 aliphatic carbocycles. The van der Waals surface area contributed by atoms with E-state index in [-0.39, 0.29) is 18.2 Å². The van der Waals surface area contributed by atoms with Crippen molar-refractivity contribution < 1.29 is 9.59 Å². The van der Waals surface area contributed by atoms with E-state index in [2.05, 4.69) is 15.8 Å². The molecule has 3 aromatic carbocycles. The number of benzene rings is 3. The number of para-hydroxylation sites is 1. The summed E-state index contributed by atoms with van der Waals surface area (Å²) in [6, 6.07) is 26.1. The molecule has 0 aliphatic heterocycles. The lowest BCUT2D eigenvalue weighted by molar-refractivity contribution is -0.116. The van der Waals surface area contributed by atoms with E-state index in [0.29, 0.717) is 17.7 Å². The molecule has 0 bridgehead atoms. The maximum Gasteiger partial charge on any atom is 0.271 e. The average molecular weight is 385 g/mol. The van der Waals surface area contributed by atoms with Gasteiger partial charge in [-0.15, -0.1) is 0 Å². The van der Waals surface area contributed by atoms with Gasteiger partial charge in [-0.2, -0.15) is 5.10 Å². The molecule has 0 spiro atoms. The molecule has 5 heteroatoms. The van der Waals surface area contributed by atoms with E-state index >= 15 is 0 Å². The predicted octanol–water partition coefficient (Wildman–Crippen LogP) is 4.55. The van der Waals surface area contributed by atoms with Crippen molar-refractivity contribution in [3.05, 3.63) is 102 Å². The lowest BCUT2D eigenvalue weighted by Crippen LogP contribution is -2.21. The van der Waals surface area contributed by atoms with Crippen molar-refractivity contribution in [2.24, 2.45) is 5.10 Å². The number of carbonyl (C=O) groups is 2. The Bertz CT molecular complexity index is 982. The minimum absolute atomic E-state index is 0.107. The Hall–Kier alpha value is -3.73. The van der Waals surface area contributed by atoms with Crippen LogP contribution in [0.1, 0.15) is 34.3 Å². The van der Waals surface area contributed by atoms with Crippen molar-refractivity contribution in [2.75, 3.05) is 5.32 Å². The summed E-state index contributed by atoms with van der Waals surface area (Å²) in [5.41, 5.74) is 6.49. The SMILES string of the molecule is Cc1ccc(C(=O)N/N=C(/CCC(=O)Nc2ccccc2)c2ccccc2)cc1. The summed E-state index contributed by atoms with van der Waals surface area (Å²) in [6.07, 6.45) is 0.653. The lowest BCUT2D eigenvalue weighted by Gasteiger charge is -2.09. The van der Waals surface area contributed by atoms with Gasteiger partial charge in [0.05, 0.1) is 5.71 Å². The molecule has 0 fully saturated rings. The smallest absolute Gasteiger partial charge is 0.271 e. The number of hydrazone groups is 1. The summed E-state index contributed by atoms with van der Waals surface area (Å²) in [4.78, 5) is 24.7. The summed E-state index contributed by atoms with van der Waals surface area (Å²) in [5.74, 6) is -0.392. The van der Waals surface area contributed by atoms with Crippen LogP contribution in [0.25, 0.3) is 0 Å². The Balaban J connectivity index is 1.67. The molecule has 0 heterocycles. The van der Waals surface area contributed by atoms with Crippen LogP contribution in [0.3, 0.4) is 0 Å². The normalized spacial score (nSPS) is 11.0. The molecular weight excluding hydrogens is 362 g/mol. The van der Waals surface area contributed by atoms with Crippen LogP contribution in [0.2, 0.25) is 0 Å². The van der Waals surface area contributed by atoms with Crippen LogP contribution in [-0.4, -0.2) is 17.5 Å². The van der Waals surface area contributed by atoms with Gasteiger partial charge in [0, 0.05) is 24.1 Å². The highest BCUT2D eigenvalue weighted by Gasteiger charge is 2.10. The Labute approximate surface area is 170 Å². The Morgan fingerprint density at radius 1 is 0.759 bits per heavy atom. The third-order valence-corrected chi connectivity index (χ3v) is 4.36. The summed E-state index contributed by atoms with van der Waals surface area (Å²) in [7, 11) is 0. The number of anilines is 1. The van der Waals surface area contributed by atoms with Crippen LogP contribution in [0.15, 0.2) is 90.0 Å². The fourth-order valence-corrected chi connectivity index (χ4v) is 2.76. The molecule has 0 saturated carbocycles. The molecule has 5 nitrogen and oxygen atoms in total. The third kappa shape index (κ3) is 6.14. The van der Waals surface area contributed by atoms with E-state index in [0.717, 1.165) is 16.8 Å². The second-order valence-corrected chi connectivity index (χ2v) is 6.65. The molecule has 0 unspecified atom stereocenters. The highest BCUT2D eigenvalue weighted by Crippen LogP contribution is 2.10. The summed E-state index contributed by atoms with van der Waals surface area (Å²) in [6.45, 7) is 1.97. The Morgan fingerprint density at radius 2 is 1.38 bits per heavy atom. The monoisotopic (exact) mass is 385 g/mol. The first-order valence-corrected chi connectivity index (χ1v) is 9.46. The number of nitrogens with zero attached hydrogens (tertiary/aromatic N) is 1. The van der Waals surface area contributed by atoms with E-state index < -0.39 is 0 Å². The fraction of sp³-hybridized carbons (Fsp3) is 0.125. The van der Waals surface area contributed by atoms with Crippen LogP contribution in [0.4, 0.5) is 5.69 Å². The van der Waals surface area contributed by atoms with Crippen LogP contribution in [-0.2, 0) is 4.79 Å². The van der Waals surface area contributed by atoms with Gasteiger partial charge in [0.25, 0.3) is 5.91 Å². The van der Waals surface area contributed by atoms with Crippen LogP contribution in [0, 0.1) is 6.92 Å². The van der Waals surface area contributed by atoms with E-state index in [1.807, 2.05) is 79.7 Å². The standard InChI is InChI=1S/C24H23N3O2/c1-18-12-14-20(15-13-18)24(29)27-26-22(19-8-4-2-5-9-19)16-17-23(28)25-21-10-6-3-7-11-21/h2-15H,16-17H2,1H3,(H,25,28)(H,27,29)/b26-22-. The molecule has 146 valence electrons. The first-order valence-electron chi connectivity index (χ1n) is 9.46. The summed E-state index contributed by atoms with van der Waals surface area (Å²) in [5, 5.41) is 7.17. The first kappa shape index (κ1) is 20.0. The van der Waals surface area contributed by atoms with E-state index in [1.54, 1.807) is 12.1 Å². The van der Waals surface area contributed by atoms with E-state index in [4.69, 9.17) is 0 Å². The van der Waals surface area contributed by atoms with Crippen molar-refractivity contribution in [1.82, 2.24) is 5.43 Å². The van der Waals surface area contributed by atoms with Gasteiger partial charge in [0.2, 0.25) is 5.91 Å². The molecule has 3 aromatic rings. The average Bonchev–Trinajstić information content (AvgIpc) is 2.75. The van der Waals surface area contributed by atoms with Gasteiger partial charge < -0.3 is 5.32 Å². The molecule has 2 amide bonds. The van der Waals surface area contributed by atoms with Gasteiger partial charge in [-0.05, 0) is 36.8 Å². The Kier molecular flexibility index (Phi) is 6.90. The summed E-state index contributed by atoms with van der Waals surface area (Å²) >= 11 is 0. The lowest BCUT2D eigenvalue weighted by atomic mass is 10.1. The number of hydrogen-bond acceptors (Lipinski definition) is 3. The molecular formula is C24H23N3O2. The predicted molar refractivity (Wildman–Crippen MR) is 116 cm³/mol. The van der Waals surface area contributed by atoms with Gasteiger partial charge >= 0.3 is 0 Å². The molecule has 0 aliphatic rings. The van der Waals surface area contributed by atoms with E-state index in [1.165, 1.54) is 0 Å². The molecule has 3 rings (SSSR count). The summed E-state index contributed by atoms with van der Waals surface area (Å²) < 4.78 is 0. The van der Waals surface area contributed by atoms with Gasteiger partial charge in [0.1, 0.15) is 0 Å². The van der Waals surface area contributed by atoms with Gasteiger partial charge in [-0.25, -0.2) is 5.43 Å². The minimum atomic E-state index is -0.285. The first-order chi connectivity index (χ1) is 14.1. The van der Waals surface area contributed by atoms with E-state index in [9.17, 15) is 9.59 Å². The van der Waals surface area contributed by atoms with Crippen molar-refractivity contribution in [3.63, 3.8) is 0 Å². The molecule has 2 N–H and O–H groups in total. The van der Waals surface area contributed by atoms with Crippen molar-refractivity contribution >= 4 is 23.2 Å². The number of nitrogens with one attached hydrogen (secondary N) is 2. The quantitative estimate of drug-likeness (QED) is 0.463. The van der Waals surface area contributed by atoms with Crippen LogP contribution < -0.4 is 10.7 Å². The zero-order valence-corrected chi connectivity index (χ0v) is 16.3. The number of rotatable bonds is 7. The largest absolute Gasteiger partial charge is 0.326 e. The second kappa shape index (κ2) is 9.99. The van der Waals surface area contributed by atoms with Gasteiger partial charge in [-0.3, -0.25) is 9.59 Å². The molecule has 0 atom stereocenters. The molecule has 0 radical (unpaired) electrons. The maximum absolute atomic E-state index is 12.4. The fourth-order valence-electron chi connectivity index (χ4n) is 2.76. The zero-order valence-electron chi connectivity index (χ0n) is 16.3. The third-order valence-electron chi connectivity index (χ3n) is 4.36. The number of carbonyl (C=O) groups excluding carboxylic acids is 2. The second-order valence-electron chi connectivity index (χ2n) is 6.65. The minimum Gasteiger partial charge on any atom is -0.326 e. The number of hydrogen-bond donors (Lipinski definition) is 2. The molecule has 29 heavy (non-hydrogen) atoms. The number of amides is 2. The molecule has 0 saturated heterocycles. The van der Waals surface area contributed by atoms with Gasteiger partial charge in [-0.1, -0.05) is 66.2 Å². The molecule has 0 aromatic heterocycles. The van der Waals surface area contributed by atoms with Crippen molar-refractivity contribution in [3.8, 4) is 0 Å². The van der Waals surface area contributed by atoms with Crippen molar-refractivity contribution in [1.29, 1.82) is 0 Å². The Morgan fingerprint density at radius 3 is 2.03 bits per heavy atom. The zero-order chi connectivity index (χ0) is 20.5. The number of aryl methyl sites for hydroxylation is 1. The van der Waals surface area contributed by atoms with Crippen molar-refractivity contribution in [2.45, 2.75) is 19.8 Å². The van der Waals surface area contributed by atoms with Gasteiger partial charge in [0.15, 0.2) is 0 Å². The topological polar surface area (TPSA) is 70.6 Å². The highest BCUT2D eigenvalue weighted by atomic mass is 16.2. The highest BCUT2D eigenvalue weighted by molar-refractivity contribution is 6.04. The van der Waals surface area contributed by atoms with Crippen LogP contribution in [0.5, 0.6) is 0 Å². The maximum atomic E-state index is 12.4.